The highest BCUT2D eigenvalue weighted by Gasteiger charge is 2.85. The number of aliphatic hydroxyl groups is 4. The van der Waals surface area contributed by atoms with Crippen molar-refractivity contribution in [1.29, 1.82) is 0 Å². The monoisotopic (exact) mass is 895 g/mol. The SMILES string of the molecule is CC(C(=O)O)=C1CCC2(N=C(N)N)C=CC3(CC4(O)C=CC5(O)C6=C7C(=O)CC38CCCCCC73CCC(=O)C(C)(CC#CCCC648)C3C5C3=Cc4ccccc4CC3)C(CCO)C2C1O. The maximum atomic E-state index is 16.4. The number of rotatable bonds is 5. The molecule has 10 aliphatic rings. The fraction of sp³-hybridized carbons (Fsp3) is 0.600. The van der Waals surface area contributed by atoms with Crippen LogP contribution in [0.1, 0.15) is 128 Å². The average molecular weight is 896 g/mol. The number of hydrogen-bond acceptors (Lipinski definition) is 8. The van der Waals surface area contributed by atoms with E-state index in [1.54, 1.807) is 0 Å². The molecular formula is C55H65N3O8. The highest BCUT2D eigenvalue weighted by atomic mass is 16.4. The zero-order valence-corrected chi connectivity index (χ0v) is 38.4. The van der Waals surface area contributed by atoms with E-state index < -0.39 is 79.6 Å². The highest BCUT2D eigenvalue weighted by Crippen LogP contribution is 2.86. The molecule has 11 heteroatoms. The van der Waals surface area contributed by atoms with E-state index in [0.29, 0.717) is 74.5 Å². The Kier molecular flexibility index (Phi) is 9.63. The predicted molar refractivity (Wildman–Crippen MR) is 249 cm³/mol. The molecule has 13 atom stereocenters. The number of fused-ring (bicyclic) bond motifs is 3. The van der Waals surface area contributed by atoms with Crippen molar-refractivity contribution in [2.75, 3.05) is 6.61 Å². The molecule has 4 saturated carbocycles. The Morgan fingerprint density at radius 1 is 0.924 bits per heavy atom. The third-order valence-corrected chi connectivity index (χ3v) is 20.3. The van der Waals surface area contributed by atoms with Crippen LogP contribution in [0, 0.1) is 62.6 Å². The van der Waals surface area contributed by atoms with Crippen LogP contribution in [-0.2, 0) is 20.8 Å². The van der Waals surface area contributed by atoms with Gasteiger partial charge in [-0.1, -0.05) is 80.3 Å². The highest BCUT2D eigenvalue weighted by molar-refractivity contribution is 6.02. The zero-order chi connectivity index (χ0) is 46.5. The maximum absolute atomic E-state index is 16.4. The van der Waals surface area contributed by atoms with Gasteiger partial charge in [0.2, 0.25) is 0 Å². The third-order valence-electron chi connectivity index (χ3n) is 20.3. The van der Waals surface area contributed by atoms with Gasteiger partial charge in [0.1, 0.15) is 11.4 Å². The lowest BCUT2D eigenvalue weighted by Crippen LogP contribution is -2.72. The van der Waals surface area contributed by atoms with E-state index in [1.165, 1.54) is 12.5 Å². The molecule has 13 unspecified atom stereocenters. The summed E-state index contributed by atoms with van der Waals surface area (Å²) in [6.45, 7) is 3.28. The standard InChI is InChI=1S/C55H65N3O8/c1-32(46(63)64)36-15-23-51(58-47(56)57)25-24-50(37(17-28-59)41(51)43(36)62)31-53(65)26-27-54(66)40(35-14-13-33-11-5-6-12-34(33)29-35)44-48(2)18-7-3-10-21-55(53)45(54)42-38(60)30-52(50,55)20-9-4-8-19-49(42,44)22-16-39(48)61/h5-6,11-12,24-27,29,37,40-41,43-44,59,62,65-66H,4,8-10,13-23,28,30-31H2,1-2H3,(H,63,64)(H4,56,57,58). The molecule has 0 saturated heterocycles. The van der Waals surface area contributed by atoms with Crippen molar-refractivity contribution in [2.45, 2.75) is 146 Å². The van der Waals surface area contributed by atoms with Crippen LogP contribution in [0.4, 0.5) is 0 Å². The number of nitrogens with two attached hydrogens (primary N) is 2. The molecule has 4 spiro atoms. The van der Waals surface area contributed by atoms with Crippen LogP contribution >= 0.6 is 0 Å². The number of aryl methyl sites for hydroxylation is 1. The van der Waals surface area contributed by atoms with E-state index in [4.69, 9.17) is 16.5 Å². The number of aliphatic carboxylic acids is 1. The minimum absolute atomic E-state index is 0.0460. The van der Waals surface area contributed by atoms with Crippen molar-refractivity contribution < 1.29 is 39.9 Å². The van der Waals surface area contributed by atoms with Gasteiger partial charge in [-0.25, -0.2) is 9.79 Å². The van der Waals surface area contributed by atoms with E-state index in [2.05, 4.69) is 49.1 Å². The molecule has 0 radical (unpaired) electrons. The lowest BCUT2D eigenvalue weighted by molar-refractivity contribution is -0.180. The maximum Gasteiger partial charge on any atom is 0.331 e. The fourth-order valence-corrected chi connectivity index (χ4v) is 18.2. The summed E-state index contributed by atoms with van der Waals surface area (Å²) in [7, 11) is 0. The van der Waals surface area contributed by atoms with Gasteiger partial charge in [0.15, 0.2) is 11.7 Å². The van der Waals surface area contributed by atoms with Crippen molar-refractivity contribution in [1.82, 2.24) is 0 Å². The van der Waals surface area contributed by atoms with Crippen LogP contribution in [0.2, 0.25) is 0 Å². The van der Waals surface area contributed by atoms with E-state index >= 15 is 4.79 Å². The van der Waals surface area contributed by atoms with Crippen LogP contribution in [0.15, 0.2) is 81.4 Å². The minimum Gasteiger partial charge on any atom is -0.478 e. The molecule has 6 bridgehead atoms. The van der Waals surface area contributed by atoms with Crippen molar-refractivity contribution in [2.24, 2.45) is 67.2 Å². The molecule has 10 aliphatic carbocycles. The number of carbonyl (C=O) groups is 3. The molecule has 1 aromatic rings. The van der Waals surface area contributed by atoms with Gasteiger partial charge in [0, 0.05) is 76.9 Å². The van der Waals surface area contributed by atoms with Crippen LogP contribution in [0.3, 0.4) is 0 Å². The summed E-state index contributed by atoms with van der Waals surface area (Å²) in [5.41, 5.74) is 7.72. The molecule has 0 heterocycles. The Balaban J connectivity index is 1.26. The van der Waals surface area contributed by atoms with E-state index in [9.17, 15) is 35.1 Å². The number of nitrogens with zero attached hydrogens (tertiary/aromatic N) is 1. The van der Waals surface area contributed by atoms with Gasteiger partial charge < -0.3 is 37.0 Å². The first-order chi connectivity index (χ1) is 31.4. The quantitative estimate of drug-likeness (QED) is 0.0585. The third kappa shape index (κ3) is 5.20. The van der Waals surface area contributed by atoms with Crippen LogP contribution in [0.25, 0.3) is 6.08 Å². The Morgan fingerprint density at radius 2 is 1.71 bits per heavy atom. The predicted octanol–water partition coefficient (Wildman–Crippen LogP) is 6.19. The number of Topliss-reactive ketones (excluding diaryl/α,β-unsaturated/α-hetero) is 2. The second-order valence-electron chi connectivity index (χ2n) is 22.5. The Bertz CT molecular complexity index is 2630. The largest absolute Gasteiger partial charge is 0.478 e. The molecule has 11 rings (SSSR count). The zero-order valence-electron chi connectivity index (χ0n) is 38.4. The molecule has 0 amide bonds. The molecule has 0 aliphatic heterocycles. The van der Waals surface area contributed by atoms with Crippen molar-refractivity contribution in [3.05, 3.63) is 87.6 Å². The first kappa shape index (κ1) is 43.9. The number of aliphatic hydroxyl groups excluding tert-OH is 2. The average Bonchev–Trinajstić information content (AvgIpc) is 3.45. The number of carbonyl (C=O) groups excluding carboxylic acids is 2. The van der Waals surface area contributed by atoms with Crippen LogP contribution in [-0.4, -0.2) is 78.5 Å². The lowest BCUT2D eigenvalue weighted by atomic mass is 9.31. The molecule has 348 valence electrons. The summed E-state index contributed by atoms with van der Waals surface area (Å²) in [5.74, 6) is 3.23. The van der Waals surface area contributed by atoms with E-state index in [0.717, 1.165) is 36.8 Å². The van der Waals surface area contributed by atoms with Crippen molar-refractivity contribution in [3.63, 3.8) is 0 Å². The number of carboxylic acid groups (broad SMARTS) is 1. The van der Waals surface area contributed by atoms with Crippen LogP contribution < -0.4 is 11.5 Å². The number of guanidine groups is 1. The molecule has 9 N–H and O–H groups in total. The molecule has 0 aromatic heterocycles. The Hall–Kier alpha value is -4.60. The van der Waals surface area contributed by atoms with Crippen molar-refractivity contribution >= 4 is 29.6 Å². The van der Waals surface area contributed by atoms with Crippen LogP contribution in [0.5, 0.6) is 0 Å². The number of carboxylic acids is 1. The van der Waals surface area contributed by atoms with Gasteiger partial charge >= 0.3 is 5.97 Å². The summed E-state index contributed by atoms with van der Waals surface area (Å²) in [5, 5.41) is 63.3. The second kappa shape index (κ2) is 14.5. The fourth-order valence-electron chi connectivity index (χ4n) is 18.2. The number of hydrogen-bond donors (Lipinski definition) is 7. The summed E-state index contributed by atoms with van der Waals surface area (Å²) < 4.78 is 0. The first-order valence-corrected chi connectivity index (χ1v) is 24.7. The molecule has 11 nitrogen and oxygen atoms in total. The molecule has 66 heavy (non-hydrogen) atoms. The number of aliphatic imine (C=N–C) groups is 1. The van der Waals surface area contributed by atoms with Gasteiger partial charge in [-0.05, 0) is 117 Å². The Labute approximate surface area is 387 Å². The van der Waals surface area contributed by atoms with E-state index in [-0.39, 0.29) is 55.4 Å². The second-order valence-corrected chi connectivity index (χ2v) is 22.5. The van der Waals surface area contributed by atoms with Gasteiger partial charge in [-0.2, -0.15) is 0 Å². The van der Waals surface area contributed by atoms with Gasteiger partial charge in [0.25, 0.3) is 0 Å². The Morgan fingerprint density at radius 3 is 2.48 bits per heavy atom. The topological polar surface area (TPSA) is 217 Å². The summed E-state index contributed by atoms with van der Waals surface area (Å²) >= 11 is 0. The number of ketones is 2. The van der Waals surface area contributed by atoms with Gasteiger partial charge in [-0.3, -0.25) is 9.59 Å². The van der Waals surface area contributed by atoms with E-state index in [1.807, 2.05) is 24.3 Å². The number of allylic oxidation sites excluding steroid dienone is 2. The van der Waals surface area contributed by atoms with Gasteiger partial charge in [0.05, 0.1) is 17.2 Å². The molecular weight excluding hydrogens is 831 g/mol. The molecule has 4 fully saturated rings. The minimum atomic E-state index is -1.77. The smallest absolute Gasteiger partial charge is 0.331 e. The lowest BCUT2D eigenvalue weighted by Gasteiger charge is -2.72. The summed E-state index contributed by atoms with van der Waals surface area (Å²) in [4.78, 5) is 48.8. The summed E-state index contributed by atoms with van der Waals surface area (Å²) in [6.07, 6.45) is 16.3. The molecule has 1 aromatic carbocycles. The number of benzene rings is 1. The van der Waals surface area contributed by atoms with Gasteiger partial charge in [-0.15, -0.1) is 11.8 Å². The normalized spacial score (nSPS) is 45.6. The summed E-state index contributed by atoms with van der Waals surface area (Å²) in [6, 6.07) is 8.35. The first-order valence-electron chi connectivity index (χ1n) is 24.7. The van der Waals surface area contributed by atoms with Crippen molar-refractivity contribution in [3.8, 4) is 11.8 Å².